The van der Waals surface area contributed by atoms with Gasteiger partial charge in [0.1, 0.15) is 17.2 Å². The van der Waals surface area contributed by atoms with Gasteiger partial charge in [0.2, 0.25) is 0 Å². The van der Waals surface area contributed by atoms with E-state index >= 15 is 0 Å². The number of nitrogens with one attached hydrogen (secondary N) is 1. The average Bonchev–Trinajstić information content (AvgIpc) is 2.31. The lowest BCUT2D eigenvalue weighted by Crippen LogP contribution is -2.41. The van der Waals surface area contributed by atoms with E-state index in [1.54, 1.807) is 7.11 Å². The van der Waals surface area contributed by atoms with E-state index in [1.165, 1.54) is 6.20 Å². The van der Waals surface area contributed by atoms with E-state index in [2.05, 4.69) is 15.3 Å². The number of hydrogen-bond acceptors (Lipinski definition) is 5. The molecule has 0 unspecified atom stereocenters. The third kappa shape index (κ3) is 3.07. The number of nitrogens with zero attached hydrogens (tertiary/aromatic N) is 2. The van der Waals surface area contributed by atoms with E-state index in [0.717, 1.165) is 12.8 Å². The predicted octanol–water partition coefficient (Wildman–Crippen LogP) is 2.06. The van der Waals surface area contributed by atoms with Crippen molar-refractivity contribution in [3.05, 3.63) is 17.6 Å². The van der Waals surface area contributed by atoms with Gasteiger partial charge in [-0.05, 0) is 12.8 Å². The second-order valence-electron chi connectivity index (χ2n) is 6.18. The Bertz CT molecular complexity index is 505. The lowest BCUT2D eigenvalue weighted by molar-refractivity contribution is 0.0327. The minimum atomic E-state index is -1.02. The van der Waals surface area contributed by atoms with Crippen LogP contribution in [0.4, 0.5) is 5.82 Å². The van der Waals surface area contributed by atoms with Crippen LogP contribution in [0.2, 0.25) is 0 Å². The zero-order valence-electron chi connectivity index (χ0n) is 12.3. The molecule has 1 aromatic heterocycles. The molecule has 20 heavy (non-hydrogen) atoms. The molecule has 1 aromatic rings. The molecule has 1 aliphatic rings. The molecule has 1 fully saturated rings. The Morgan fingerprint density at radius 3 is 2.60 bits per heavy atom. The summed E-state index contributed by atoms with van der Waals surface area (Å²) in [6.07, 6.45) is 3.37. The molecule has 1 aliphatic carbocycles. The summed E-state index contributed by atoms with van der Waals surface area (Å²) in [6, 6.07) is 0.209. The first-order valence-corrected chi connectivity index (χ1v) is 6.71. The predicted molar refractivity (Wildman–Crippen MR) is 75.1 cm³/mol. The molecule has 0 aromatic carbocycles. The second kappa shape index (κ2) is 5.36. The maximum atomic E-state index is 11.2. The van der Waals surface area contributed by atoms with E-state index < -0.39 is 5.97 Å². The number of anilines is 1. The van der Waals surface area contributed by atoms with E-state index in [1.807, 2.05) is 20.8 Å². The fourth-order valence-corrected chi connectivity index (χ4v) is 2.08. The SMILES string of the molecule is CO[C@H]1C[C@H](Nc2nc(C(C)(C)C)ncc2C(=O)O)C1. The molecule has 0 aliphatic heterocycles. The van der Waals surface area contributed by atoms with Gasteiger partial charge in [0.05, 0.1) is 6.10 Å². The van der Waals surface area contributed by atoms with Gasteiger partial charge in [-0.3, -0.25) is 0 Å². The van der Waals surface area contributed by atoms with E-state index in [0.29, 0.717) is 11.6 Å². The fourth-order valence-electron chi connectivity index (χ4n) is 2.08. The molecule has 0 spiro atoms. The highest BCUT2D eigenvalue weighted by molar-refractivity contribution is 5.92. The first-order valence-electron chi connectivity index (χ1n) is 6.71. The summed E-state index contributed by atoms with van der Waals surface area (Å²) >= 11 is 0. The number of rotatable bonds is 4. The van der Waals surface area contributed by atoms with Crippen molar-refractivity contribution in [3.63, 3.8) is 0 Å². The maximum Gasteiger partial charge on any atom is 0.341 e. The average molecular weight is 279 g/mol. The summed E-state index contributed by atoms with van der Waals surface area (Å²) in [5.41, 5.74) is -0.110. The standard InChI is InChI=1S/C14H21N3O3/c1-14(2,3)13-15-7-10(12(18)19)11(17-13)16-8-5-9(6-8)20-4/h7-9H,5-6H2,1-4H3,(H,18,19)(H,15,16,17)/t8-,9-. The lowest BCUT2D eigenvalue weighted by atomic mass is 9.89. The van der Waals surface area contributed by atoms with Crippen LogP contribution < -0.4 is 5.32 Å². The first-order chi connectivity index (χ1) is 9.31. The van der Waals surface area contributed by atoms with Crippen LogP contribution in [0.25, 0.3) is 0 Å². The van der Waals surface area contributed by atoms with Crippen molar-refractivity contribution >= 4 is 11.8 Å². The van der Waals surface area contributed by atoms with Gasteiger partial charge in [-0.25, -0.2) is 14.8 Å². The van der Waals surface area contributed by atoms with Gasteiger partial charge in [0, 0.05) is 24.8 Å². The Balaban J connectivity index is 2.22. The molecule has 0 amide bonds. The summed E-state index contributed by atoms with van der Waals surface area (Å²) in [7, 11) is 1.69. The van der Waals surface area contributed by atoms with Gasteiger partial charge in [-0.2, -0.15) is 0 Å². The zero-order valence-corrected chi connectivity index (χ0v) is 12.3. The van der Waals surface area contributed by atoms with Crippen molar-refractivity contribution < 1.29 is 14.6 Å². The summed E-state index contributed by atoms with van der Waals surface area (Å²) in [4.78, 5) is 19.8. The van der Waals surface area contributed by atoms with Crippen molar-refractivity contribution in [1.29, 1.82) is 0 Å². The van der Waals surface area contributed by atoms with Gasteiger partial charge in [0.25, 0.3) is 0 Å². The second-order valence-corrected chi connectivity index (χ2v) is 6.18. The van der Waals surface area contributed by atoms with E-state index in [-0.39, 0.29) is 23.1 Å². The van der Waals surface area contributed by atoms with Crippen molar-refractivity contribution in [1.82, 2.24) is 9.97 Å². The molecule has 6 nitrogen and oxygen atoms in total. The van der Waals surface area contributed by atoms with Gasteiger partial charge in [-0.1, -0.05) is 20.8 Å². The van der Waals surface area contributed by atoms with Crippen LogP contribution in [-0.2, 0) is 10.2 Å². The number of methoxy groups -OCH3 is 1. The molecule has 1 heterocycles. The Kier molecular flexibility index (Phi) is 3.94. The molecular weight excluding hydrogens is 258 g/mol. The highest BCUT2D eigenvalue weighted by Gasteiger charge is 2.31. The highest BCUT2D eigenvalue weighted by Crippen LogP contribution is 2.28. The van der Waals surface area contributed by atoms with Crippen LogP contribution in [0.1, 0.15) is 49.8 Å². The van der Waals surface area contributed by atoms with Gasteiger partial charge < -0.3 is 15.2 Å². The van der Waals surface area contributed by atoms with E-state index in [4.69, 9.17) is 4.74 Å². The highest BCUT2D eigenvalue weighted by atomic mass is 16.5. The minimum absolute atomic E-state index is 0.110. The molecule has 1 saturated carbocycles. The van der Waals surface area contributed by atoms with Crippen LogP contribution in [0.5, 0.6) is 0 Å². The van der Waals surface area contributed by atoms with Gasteiger partial charge in [0.15, 0.2) is 0 Å². The number of carboxylic acid groups (broad SMARTS) is 1. The molecule has 0 radical (unpaired) electrons. The summed E-state index contributed by atoms with van der Waals surface area (Å²) in [5.74, 6) is 0.0140. The minimum Gasteiger partial charge on any atom is -0.477 e. The number of carbonyl (C=O) groups is 1. The quantitative estimate of drug-likeness (QED) is 0.877. The van der Waals surface area contributed by atoms with Crippen LogP contribution in [0, 0.1) is 0 Å². The van der Waals surface area contributed by atoms with E-state index in [9.17, 15) is 9.90 Å². The Hall–Kier alpha value is -1.69. The van der Waals surface area contributed by atoms with Crippen molar-refractivity contribution in [2.24, 2.45) is 0 Å². The number of hydrogen-bond donors (Lipinski definition) is 2. The molecule has 6 heteroatoms. The van der Waals surface area contributed by atoms with Crippen LogP contribution in [0.3, 0.4) is 0 Å². The Morgan fingerprint density at radius 2 is 2.10 bits per heavy atom. The third-order valence-electron chi connectivity index (χ3n) is 3.46. The van der Waals surface area contributed by atoms with Crippen LogP contribution in [-0.4, -0.2) is 40.3 Å². The molecular formula is C14H21N3O3. The monoisotopic (exact) mass is 279 g/mol. The topological polar surface area (TPSA) is 84.3 Å². The van der Waals surface area contributed by atoms with Gasteiger partial charge in [-0.15, -0.1) is 0 Å². The number of ether oxygens (including phenoxy) is 1. The number of carboxylic acids is 1. The summed E-state index contributed by atoms with van der Waals surface area (Å²) < 4.78 is 5.22. The molecule has 0 saturated heterocycles. The molecule has 2 N–H and O–H groups in total. The smallest absolute Gasteiger partial charge is 0.341 e. The maximum absolute atomic E-state index is 11.2. The molecule has 2 rings (SSSR count). The van der Waals surface area contributed by atoms with Crippen LogP contribution in [0.15, 0.2) is 6.20 Å². The normalized spacial score (nSPS) is 22.2. The molecule has 110 valence electrons. The number of aromatic carboxylic acids is 1. The molecule has 0 atom stereocenters. The first kappa shape index (κ1) is 14.7. The third-order valence-corrected chi connectivity index (χ3v) is 3.46. The lowest BCUT2D eigenvalue weighted by Gasteiger charge is -2.35. The molecule has 0 bridgehead atoms. The Morgan fingerprint density at radius 1 is 1.45 bits per heavy atom. The van der Waals surface area contributed by atoms with Crippen LogP contribution >= 0.6 is 0 Å². The summed E-state index contributed by atoms with van der Waals surface area (Å²) in [6.45, 7) is 5.99. The Labute approximate surface area is 118 Å². The number of aromatic nitrogens is 2. The zero-order chi connectivity index (χ0) is 14.9. The van der Waals surface area contributed by atoms with Crippen molar-refractivity contribution in [2.45, 2.75) is 51.2 Å². The summed E-state index contributed by atoms with van der Waals surface area (Å²) in [5, 5.41) is 12.4. The largest absolute Gasteiger partial charge is 0.477 e. The van der Waals surface area contributed by atoms with Crippen molar-refractivity contribution in [3.8, 4) is 0 Å². The fraction of sp³-hybridized carbons (Fsp3) is 0.643. The van der Waals surface area contributed by atoms with Crippen molar-refractivity contribution in [2.75, 3.05) is 12.4 Å². The van der Waals surface area contributed by atoms with Gasteiger partial charge >= 0.3 is 5.97 Å².